The van der Waals surface area contributed by atoms with Crippen LogP contribution >= 0.6 is 0 Å². The molecule has 1 heterocycles. The zero-order chi connectivity index (χ0) is 16.9. The third kappa shape index (κ3) is 2.36. The molecular formula is C20H24N2O. The first-order valence-corrected chi connectivity index (χ1v) is 8.01. The number of nitrogens with one attached hydrogen (secondary N) is 1. The minimum atomic E-state index is -0.518. The topological polar surface area (TPSA) is 55.1 Å². The molecule has 0 bridgehead atoms. The van der Waals surface area contributed by atoms with Gasteiger partial charge in [-0.3, -0.25) is 4.79 Å². The van der Waals surface area contributed by atoms with Crippen molar-refractivity contribution in [3.63, 3.8) is 0 Å². The smallest absolute Gasteiger partial charge is 0.234 e. The first-order valence-electron chi connectivity index (χ1n) is 8.01. The molecule has 1 amide bonds. The molecule has 3 N–H and O–H groups in total. The van der Waals surface area contributed by atoms with Crippen LogP contribution in [0.15, 0.2) is 30.3 Å². The fraction of sp³-hybridized carbons (Fsp3) is 0.350. The van der Waals surface area contributed by atoms with E-state index < -0.39 is 5.41 Å². The van der Waals surface area contributed by atoms with E-state index in [-0.39, 0.29) is 11.9 Å². The van der Waals surface area contributed by atoms with Gasteiger partial charge >= 0.3 is 0 Å². The van der Waals surface area contributed by atoms with Crippen LogP contribution in [0.3, 0.4) is 0 Å². The Morgan fingerprint density at radius 3 is 2.26 bits per heavy atom. The molecule has 1 aliphatic rings. The van der Waals surface area contributed by atoms with Crippen LogP contribution in [0.2, 0.25) is 0 Å². The monoisotopic (exact) mass is 308 g/mol. The lowest BCUT2D eigenvalue weighted by molar-refractivity contribution is -0.119. The summed E-state index contributed by atoms with van der Waals surface area (Å²) < 4.78 is 0. The largest absolute Gasteiger partial charge is 0.325 e. The summed E-state index contributed by atoms with van der Waals surface area (Å²) in [7, 11) is 0. The summed E-state index contributed by atoms with van der Waals surface area (Å²) in [5.74, 6) is 0.0519. The van der Waals surface area contributed by atoms with Crippen LogP contribution in [0, 0.1) is 20.8 Å². The van der Waals surface area contributed by atoms with E-state index in [1.54, 1.807) is 0 Å². The number of carbonyl (C=O) groups is 1. The van der Waals surface area contributed by atoms with Gasteiger partial charge < -0.3 is 11.1 Å². The predicted molar refractivity (Wildman–Crippen MR) is 94.8 cm³/mol. The quantitative estimate of drug-likeness (QED) is 0.884. The second kappa shape index (κ2) is 5.20. The number of amides is 1. The van der Waals surface area contributed by atoms with Crippen LogP contribution in [0.4, 0.5) is 5.69 Å². The Hall–Kier alpha value is -2.13. The fourth-order valence-electron chi connectivity index (χ4n) is 3.26. The minimum Gasteiger partial charge on any atom is -0.325 e. The average Bonchev–Trinajstić information content (AvgIpc) is 2.74. The van der Waals surface area contributed by atoms with Gasteiger partial charge in [-0.1, -0.05) is 35.9 Å². The molecule has 0 spiro atoms. The van der Waals surface area contributed by atoms with Gasteiger partial charge in [0, 0.05) is 5.69 Å². The van der Waals surface area contributed by atoms with Crippen molar-refractivity contribution < 1.29 is 4.79 Å². The third-order valence-electron chi connectivity index (χ3n) is 5.19. The lowest BCUT2D eigenvalue weighted by atomic mass is 9.81. The summed E-state index contributed by atoms with van der Waals surface area (Å²) in [6.45, 7) is 10.1. The maximum Gasteiger partial charge on any atom is 0.234 e. The van der Waals surface area contributed by atoms with Crippen molar-refractivity contribution in [1.29, 1.82) is 0 Å². The highest BCUT2D eigenvalue weighted by atomic mass is 16.2. The first-order chi connectivity index (χ1) is 10.7. The lowest BCUT2D eigenvalue weighted by Gasteiger charge is -2.22. The van der Waals surface area contributed by atoms with Crippen molar-refractivity contribution in [2.24, 2.45) is 5.73 Å². The maximum atomic E-state index is 12.3. The fourth-order valence-corrected chi connectivity index (χ4v) is 3.26. The zero-order valence-electron chi connectivity index (χ0n) is 14.4. The summed E-state index contributed by atoms with van der Waals surface area (Å²) in [5.41, 5.74) is 13.7. The highest BCUT2D eigenvalue weighted by molar-refractivity contribution is 6.06. The van der Waals surface area contributed by atoms with E-state index in [1.807, 2.05) is 13.8 Å². The van der Waals surface area contributed by atoms with Crippen LogP contribution in [0.1, 0.15) is 53.3 Å². The first kappa shape index (κ1) is 15.8. The van der Waals surface area contributed by atoms with E-state index in [1.165, 1.54) is 5.56 Å². The summed E-state index contributed by atoms with van der Waals surface area (Å²) in [4.78, 5) is 12.3. The molecule has 0 saturated carbocycles. The van der Waals surface area contributed by atoms with Gasteiger partial charge in [0.25, 0.3) is 0 Å². The van der Waals surface area contributed by atoms with Crippen LogP contribution in [0.25, 0.3) is 0 Å². The molecule has 0 aliphatic carbocycles. The maximum absolute atomic E-state index is 12.3. The lowest BCUT2D eigenvalue weighted by Crippen LogP contribution is -2.27. The number of fused-ring (bicyclic) bond motifs is 1. The highest BCUT2D eigenvalue weighted by Gasteiger charge is 2.40. The number of hydrogen-bond donors (Lipinski definition) is 2. The number of hydrogen-bond acceptors (Lipinski definition) is 2. The second-order valence-electron chi connectivity index (χ2n) is 7.11. The number of rotatable bonds is 2. The van der Waals surface area contributed by atoms with Crippen molar-refractivity contribution in [2.75, 3.05) is 5.32 Å². The number of carbonyl (C=O) groups excluding carboxylic acids is 1. The summed E-state index contributed by atoms with van der Waals surface area (Å²) in [5, 5.41) is 3.03. The highest BCUT2D eigenvalue weighted by Crippen LogP contribution is 2.43. The average molecular weight is 308 g/mol. The molecule has 2 aromatic rings. The molecule has 0 fully saturated rings. The number of benzene rings is 2. The van der Waals surface area contributed by atoms with Gasteiger partial charge in [-0.15, -0.1) is 0 Å². The molecule has 1 aliphatic heterocycles. The van der Waals surface area contributed by atoms with Gasteiger partial charge in [0.05, 0.1) is 11.5 Å². The van der Waals surface area contributed by atoms with Crippen molar-refractivity contribution in [3.05, 3.63) is 63.7 Å². The van der Waals surface area contributed by atoms with E-state index >= 15 is 0 Å². The molecule has 0 aromatic heterocycles. The minimum absolute atomic E-state index is 0.0519. The molecule has 0 saturated heterocycles. The van der Waals surface area contributed by atoms with Gasteiger partial charge in [-0.25, -0.2) is 0 Å². The van der Waals surface area contributed by atoms with E-state index in [0.717, 1.165) is 33.5 Å². The Balaban J connectivity index is 2.15. The number of anilines is 1. The molecule has 3 nitrogen and oxygen atoms in total. The molecule has 0 radical (unpaired) electrons. The molecule has 3 heteroatoms. The Labute approximate surface area is 137 Å². The molecule has 120 valence electrons. The molecular weight excluding hydrogens is 284 g/mol. The van der Waals surface area contributed by atoms with Crippen molar-refractivity contribution in [2.45, 2.75) is 46.1 Å². The Morgan fingerprint density at radius 1 is 1.04 bits per heavy atom. The van der Waals surface area contributed by atoms with Gasteiger partial charge in [0.1, 0.15) is 0 Å². The van der Waals surface area contributed by atoms with E-state index in [2.05, 4.69) is 56.4 Å². The van der Waals surface area contributed by atoms with Gasteiger partial charge in [0.15, 0.2) is 0 Å². The summed E-state index contributed by atoms with van der Waals surface area (Å²) >= 11 is 0. The summed E-state index contributed by atoms with van der Waals surface area (Å²) in [6, 6.07) is 10.2. The van der Waals surface area contributed by atoms with Crippen molar-refractivity contribution in [1.82, 2.24) is 0 Å². The van der Waals surface area contributed by atoms with Gasteiger partial charge in [-0.05, 0) is 62.4 Å². The van der Waals surface area contributed by atoms with Gasteiger partial charge in [-0.2, -0.15) is 0 Å². The van der Waals surface area contributed by atoms with Gasteiger partial charge in [0.2, 0.25) is 5.91 Å². The SMILES string of the molecule is Cc1ccc(C(N)c2cc3c(c(C)c2C)NC(=O)C3(C)C)cc1. The van der Waals surface area contributed by atoms with Crippen LogP contribution in [0.5, 0.6) is 0 Å². The normalized spacial score (nSPS) is 16.9. The number of nitrogens with two attached hydrogens (primary N) is 1. The standard InChI is InChI=1S/C20H24N2O/c1-11-6-8-14(9-7-11)17(21)15-10-16-18(13(3)12(15)2)22-19(23)20(16,4)5/h6-10,17H,21H2,1-5H3,(H,22,23). The molecule has 3 rings (SSSR count). The Bertz CT molecular complexity index is 788. The van der Waals surface area contributed by atoms with E-state index in [4.69, 9.17) is 5.73 Å². The zero-order valence-corrected chi connectivity index (χ0v) is 14.4. The predicted octanol–water partition coefficient (Wildman–Crippen LogP) is 3.89. The van der Waals surface area contributed by atoms with Crippen LogP contribution in [-0.2, 0) is 10.2 Å². The Kier molecular flexibility index (Phi) is 3.56. The van der Waals surface area contributed by atoms with E-state index in [9.17, 15) is 4.79 Å². The second-order valence-corrected chi connectivity index (χ2v) is 7.11. The van der Waals surface area contributed by atoms with Crippen molar-refractivity contribution in [3.8, 4) is 0 Å². The Morgan fingerprint density at radius 2 is 1.65 bits per heavy atom. The van der Waals surface area contributed by atoms with E-state index in [0.29, 0.717) is 0 Å². The molecule has 23 heavy (non-hydrogen) atoms. The molecule has 1 unspecified atom stereocenters. The van der Waals surface area contributed by atoms with Crippen LogP contribution < -0.4 is 11.1 Å². The molecule has 1 atom stereocenters. The summed E-state index contributed by atoms with van der Waals surface area (Å²) in [6.07, 6.45) is 0. The third-order valence-corrected chi connectivity index (χ3v) is 5.19. The van der Waals surface area contributed by atoms with Crippen molar-refractivity contribution >= 4 is 11.6 Å². The number of aryl methyl sites for hydroxylation is 1. The molecule has 2 aromatic carbocycles. The van der Waals surface area contributed by atoms with Crippen LogP contribution in [-0.4, -0.2) is 5.91 Å².